The molecule has 0 unspecified atom stereocenters. The monoisotopic (exact) mass is 375 g/mol. The zero-order valence-electron chi connectivity index (χ0n) is 16.0. The largest absolute Gasteiger partial charge is 0.461 e. The lowest BCUT2D eigenvalue weighted by molar-refractivity contribution is -0.121. The molecule has 1 fully saturated rings. The summed E-state index contributed by atoms with van der Waals surface area (Å²) in [5.74, 6) is -0.571. The summed E-state index contributed by atoms with van der Waals surface area (Å²) >= 11 is 0. The van der Waals surface area contributed by atoms with Crippen molar-refractivity contribution in [3.63, 3.8) is 0 Å². The molecule has 27 heavy (non-hydrogen) atoms. The second-order valence-electron chi connectivity index (χ2n) is 7.17. The smallest absolute Gasteiger partial charge is 0.356 e. The number of hydrogen-bond acceptors (Lipinski definition) is 4. The molecule has 1 aliphatic rings. The van der Waals surface area contributed by atoms with Crippen LogP contribution < -0.4 is 5.32 Å². The molecule has 1 aromatic heterocycles. The van der Waals surface area contributed by atoms with Crippen LogP contribution in [0.1, 0.15) is 44.1 Å². The van der Waals surface area contributed by atoms with Crippen molar-refractivity contribution in [1.82, 2.24) is 9.88 Å². The van der Waals surface area contributed by atoms with Gasteiger partial charge in [-0.3, -0.25) is 9.69 Å². The van der Waals surface area contributed by atoms with Crippen LogP contribution in [0.3, 0.4) is 0 Å². The fraction of sp³-hybridized carbons (Fsp3) is 0.500. The van der Waals surface area contributed by atoms with Crippen LogP contribution in [0.15, 0.2) is 18.2 Å². The lowest BCUT2D eigenvalue weighted by Gasteiger charge is -2.34. The molecule has 0 aliphatic carbocycles. The van der Waals surface area contributed by atoms with Crippen molar-refractivity contribution in [3.8, 4) is 0 Å². The van der Waals surface area contributed by atoms with Crippen molar-refractivity contribution < 1.29 is 18.7 Å². The second kappa shape index (κ2) is 8.08. The van der Waals surface area contributed by atoms with E-state index in [1.807, 2.05) is 6.92 Å². The van der Waals surface area contributed by atoms with E-state index in [9.17, 15) is 14.0 Å². The molecular weight excluding hydrogens is 349 g/mol. The molecule has 146 valence electrons. The number of anilines is 1. The molecule has 0 spiro atoms. The number of aromatic amines is 1. The van der Waals surface area contributed by atoms with Crippen LogP contribution in [0.4, 0.5) is 10.1 Å². The molecule has 1 amide bonds. The third-order valence-electron chi connectivity index (χ3n) is 5.23. The van der Waals surface area contributed by atoms with Crippen LogP contribution in [0, 0.1) is 11.7 Å². The molecule has 1 aromatic carbocycles. The summed E-state index contributed by atoms with van der Waals surface area (Å²) in [6.07, 6.45) is 2.12. The van der Waals surface area contributed by atoms with E-state index in [4.69, 9.17) is 4.74 Å². The highest BCUT2D eigenvalue weighted by molar-refractivity contribution is 6.11. The molecule has 6 nitrogen and oxygen atoms in total. The average molecular weight is 375 g/mol. The summed E-state index contributed by atoms with van der Waals surface area (Å²) in [6, 6.07) is 3.80. The highest BCUT2D eigenvalue weighted by Gasteiger charge is 2.27. The predicted octanol–water partition coefficient (Wildman–Crippen LogP) is 3.54. The van der Waals surface area contributed by atoms with E-state index >= 15 is 0 Å². The Bertz CT molecular complexity index is 840. The van der Waals surface area contributed by atoms with E-state index in [1.54, 1.807) is 13.0 Å². The van der Waals surface area contributed by atoms with Crippen LogP contribution in [0.5, 0.6) is 0 Å². The molecule has 2 N–H and O–H groups in total. The number of rotatable bonds is 5. The van der Waals surface area contributed by atoms with Gasteiger partial charge in [0, 0.05) is 10.9 Å². The molecule has 0 bridgehead atoms. The Balaban J connectivity index is 1.87. The molecule has 2 aromatic rings. The van der Waals surface area contributed by atoms with Gasteiger partial charge in [-0.15, -0.1) is 0 Å². The van der Waals surface area contributed by atoms with Gasteiger partial charge in [0.25, 0.3) is 0 Å². The van der Waals surface area contributed by atoms with Crippen molar-refractivity contribution in [3.05, 3.63) is 29.7 Å². The third-order valence-corrected chi connectivity index (χ3v) is 5.23. The van der Waals surface area contributed by atoms with E-state index in [2.05, 4.69) is 22.1 Å². The van der Waals surface area contributed by atoms with Gasteiger partial charge in [0.1, 0.15) is 11.5 Å². The van der Waals surface area contributed by atoms with Crippen LogP contribution in [-0.4, -0.2) is 47.5 Å². The van der Waals surface area contributed by atoms with E-state index in [0.29, 0.717) is 16.8 Å². The summed E-state index contributed by atoms with van der Waals surface area (Å²) in [5, 5.41) is 3.28. The highest BCUT2D eigenvalue weighted by atomic mass is 19.1. The number of nitrogens with zero attached hydrogens (tertiary/aromatic N) is 1. The molecule has 0 saturated carbocycles. The van der Waals surface area contributed by atoms with Crippen LogP contribution in [0.2, 0.25) is 0 Å². The van der Waals surface area contributed by atoms with E-state index in [0.717, 1.165) is 25.9 Å². The number of aromatic nitrogens is 1. The minimum absolute atomic E-state index is 0.130. The number of halogens is 1. The number of nitrogens with one attached hydrogen (secondary N) is 2. The van der Waals surface area contributed by atoms with Crippen LogP contribution in [-0.2, 0) is 9.53 Å². The molecular formula is C20H26FN3O3. The maximum absolute atomic E-state index is 13.7. The maximum Gasteiger partial charge on any atom is 0.356 e. The van der Waals surface area contributed by atoms with E-state index in [-0.39, 0.29) is 29.9 Å². The molecule has 2 heterocycles. The Hall–Kier alpha value is -2.41. The van der Waals surface area contributed by atoms with Crippen molar-refractivity contribution in [2.45, 2.75) is 39.7 Å². The van der Waals surface area contributed by atoms with Crippen molar-refractivity contribution in [2.75, 3.05) is 25.0 Å². The number of carbonyl (C=O) groups excluding carboxylic acids is 2. The number of carbonyl (C=O) groups is 2. The topological polar surface area (TPSA) is 74.4 Å². The fourth-order valence-corrected chi connectivity index (χ4v) is 3.46. The first kappa shape index (κ1) is 19.4. The van der Waals surface area contributed by atoms with Gasteiger partial charge in [-0.05, 0) is 63.9 Å². The number of esters is 1. The van der Waals surface area contributed by atoms with Gasteiger partial charge in [0.05, 0.1) is 18.3 Å². The highest BCUT2D eigenvalue weighted by Crippen LogP contribution is 2.30. The van der Waals surface area contributed by atoms with Crippen LogP contribution in [0.25, 0.3) is 10.9 Å². The zero-order chi connectivity index (χ0) is 19.6. The first-order valence-corrected chi connectivity index (χ1v) is 9.44. The molecule has 3 rings (SSSR count). The number of hydrogen-bond donors (Lipinski definition) is 2. The Morgan fingerprint density at radius 2 is 2.07 bits per heavy atom. The van der Waals surface area contributed by atoms with Gasteiger partial charge in [-0.2, -0.15) is 0 Å². The normalized spacial score (nSPS) is 17.0. The van der Waals surface area contributed by atoms with Gasteiger partial charge >= 0.3 is 5.97 Å². The minimum Gasteiger partial charge on any atom is -0.461 e. The van der Waals surface area contributed by atoms with Gasteiger partial charge in [0.2, 0.25) is 5.91 Å². The summed E-state index contributed by atoms with van der Waals surface area (Å²) in [7, 11) is 0. The SMILES string of the molecule is CCOC(=O)c1[nH]c2ccc(F)cc2c1NC(=O)[C@H](C)N1CCC(C)CC1. The lowest BCUT2D eigenvalue weighted by atomic mass is 9.98. The van der Waals surface area contributed by atoms with Gasteiger partial charge in [0.15, 0.2) is 0 Å². The molecule has 1 aliphatic heterocycles. The zero-order valence-corrected chi connectivity index (χ0v) is 16.0. The van der Waals surface area contributed by atoms with Crippen molar-refractivity contribution in [1.29, 1.82) is 0 Å². The predicted molar refractivity (Wildman–Crippen MR) is 102 cm³/mol. The summed E-state index contributed by atoms with van der Waals surface area (Å²) in [4.78, 5) is 30.2. The molecule has 7 heteroatoms. The number of ether oxygens (including phenoxy) is 1. The fourth-order valence-electron chi connectivity index (χ4n) is 3.46. The lowest BCUT2D eigenvalue weighted by Crippen LogP contribution is -2.45. The Morgan fingerprint density at radius 1 is 1.37 bits per heavy atom. The Kier molecular flexibility index (Phi) is 5.79. The molecule has 0 radical (unpaired) electrons. The summed E-state index contributed by atoms with van der Waals surface area (Å²) < 4.78 is 18.8. The van der Waals surface area contributed by atoms with Gasteiger partial charge in [-0.1, -0.05) is 6.92 Å². The molecule has 1 saturated heterocycles. The van der Waals surface area contributed by atoms with Crippen LogP contribution >= 0.6 is 0 Å². The average Bonchev–Trinajstić information content (AvgIpc) is 3.00. The Labute approximate surface area is 158 Å². The van der Waals surface area contributed by atoms with Crippen molar-refractivity contribution >= 4 is 28.5 Å². The first-order chi connectivity index (χ1) is 12.9. The number of piperidine rings is 1. The summed E-state index contributed by atoms with van der Waals surface area (Å²) in [6.45, 7) is 7.71. The maximum atomic E-state index is 13.7. The van der Waals surface area contributed by atoms with Crippen molar-refractivity contribution in [2.24, 2.45) is 5.92 Å². The number of fused-ring (bicyclic) bond motifs is 1. The number of benzene rings is 1. The first-order valence-electron chi connectivity index (χ1n) is 9.44. The standard InChI is InChI=1S/C20H26FN3O3/c1-4-27-20(26)18-17(15-11-14(21)5-6-16(15)22-18)23-19(25)13(3)24-9-7-12(2)8-10-24/h5-6,11-13,22H,4,7-10H2,1-3H3,(H,23,25)/t13-/m0/s1. The quantitative estimate of drug-likeness (QED) is 0.784. The Morgan fingerprint density at radius 3 is 2.74 bits per heavy atom. The molecule has 1 atom stereocenters. The number of H-pyrrole nitrogens is 1. The third kappa shape index (κ3) is 4.13. The summed E-state index contributed by atoms with van der Waals surface area (Å²) in [5.41, 5.74) is 0.963. The van der Waals surface area contributed by atoms with E-state index < -0.39 is 11.8 Å². The van der Waals surface area contributed by atoms with E-state index in [1.165, 1.54) is 12.1 Å². The second-order valence-corrected chi connectivity index (χ2v) is 7.17. The number of amides is 1. The van der Waals surface area contributed by atoms with Gasteiger partial charge in [-0.25, -0.2) is 9.18 Å². The minimum atomic E-state index is -0.580. The van der Waals surface area contributed by atoms with Gasteiger partial charge < -0.3 is 15.0 Å². The number of likely N-dealkylation sites (tertiary alicyclic amines) is 1.